The SMILES string of the molecule is CCCCCCCC[O-].CC[N+](C)(CC)CC. The molecule has 0 radical (unpaired) electrons. The van der Waals surface area contributed by atoms with Crippen LogP contribution in [0, 0.1) is 0 Å². The molecule has 0 amide bonds. The minimum absolute atomic E-state index is 0.117. The van der Waals surface area contributed by atoms with Gasteiger partial charge in [0, 0.05) is 0 Å². The lowest BCUT2D eigenvalue weighted by Gasteiger charge is -2.30. The number of rotatable bonds is 9. The van der Waals surface area contributed by atoms with Gasteiger partial charge in [-0.3, -0.25) is 0 Å². The number of hydrogen-bond acceptors (Lipinski definition) is 1. The monoisotopic (exact) mass is 245 g/mol. The molecule has 0 fully saturated rings. The Morgan fingerprint density at radius 2 is 1.12 bits per heavy atom. The van der Waals surface area contributed by atoms with E-state index in [1.165, 1.54) is 49.8 Å². The second kappa shape index (κ2) is 14.0. The van der Waals surface area contributed by atoms with Gasteiger partial charge in [0.2, 0.25) is 0 Å². The molecule has 0 N–H and O–H groups in total. The van der Waals surface area contributed by atoms with E-state index < -0.39 is 0 Å². The van der Waals surface area contributed by atoms with Gasteiger partial charge in [0.25, 0.3) is 0 Å². The molecule has 0 aromatic rings. The molecule has 0 spiro atoms. The van der Waals surface area contributed by atoms with Crippen molar-refractivity contribution in [1.29, 1.82) is 0 Å². The molecule has 2 nitrogen and oxygen atoms in total. The van der Waals surface area contributed by atoms with E-state index in [9.17, 15) is 5.11 Å². The number of nitrogens with zero attached hydrogens (tertiary/aromatic N) is 1. The van der Waals surface area contributed by atoms with Gasteiger partial charge in [-0.1, -0.05) is 45.4 Å². The molecule has 0 aliphatic heterocycles. The largest absolute Gasteiger partial charge is 0.854 e. The van der Waals surface area contributed by atoms with Crippen LogP contribution in [0.25, 0.3) is 0 Å². The topological polar surface area (TPSA) is 23.1 Å². The number of unbranched alkanes of at least 4 members (excludes halogenated alkanes) is 5. The molecule has 0 rings (SSSR count). The van der Waals surface area contributed by atoms with Crippen LogP contribution >= 0.6 is 0 Å². The smallest absolute Gasteiger partial charge is 0.0755 e. The van der Waals surface area contributed by atoms with E-state index in [0.29, 0.717) is 0 Å². The molecule has 0 aromatic carbocycles. The van der Waals surface area contributed by atoms with Crippen LogP contribution in [-0.2, 0) is 0 Å². The molecule has 0 bridgehead atoms. The fourth-order valence-electron chi connectivity index (χ4n) is 1.55. The summed E-state index contributed by atoms with van der Waals surface area (Å²) in [6.07, 6.45) is 7.22. The average molecular weight is 245 g/mol. The molecule has 0 unspecified atom stereocenters. The van der Waals surface area contributed by atoms with Gasteiger partial charge in [-0.05, 0) is 20.8 Å². The van der Waals surface area contributed by atoms with E-state index in [1.807, 2.05) is 0 Å². The van der Waals surface area contributed by atoms with Crippen molar-refractivity contribution >= 4 is 0 Å². The molecule has 0 aliphatic rings. The second-order valence-corrected chi connectivity index (χ2v) is 5.04. The third kappa shape index (κ3) is 13.9. The van der Waals surface area contributed by atoms with Crippen molar-refractivity contribution in [1.82, 2.24) is 0 Å². The van der Waals surface area contributed by atoms with E-state index in [2.05, 4.69) is 34.7 Å². The third-order valence-electron chi connectivity index (χ3n) is 3.79. The van der Waals surface area contributed by atoms with E-state index in [-0.39, 0.29) is 6.61 Å². The summed E-state index contributed by atoms with van der Waals surface area (Å²) in [4.78, 5) is 0. The number of quaternary nitrogens is 1. The van der Waals surface area contributed by atoms with Crippen LogP contribution in [0.5, 0.6) is 0 Å². The van der Waals surface area contributed by atoms with Crippen molar-refractivity contribution in [2.24, 2.45) is 0 Å². The predicted octanol–water partition coefficient (Wildman–Crippen LogP) is 3.20. The molecule has 106 valence electrons. The molecule has 0 aliphatic carbocycles. The maximum Gasteiger partial charge on any atom is 0.0755 e. The van der Waals surface area contributed by atoms with Gasteiger partial charge in [-0.25, -0.2) is 0 Å². The fourth-order valence-corrected chi connectivity index (χ4v) is 1.55. The normalized spacial score (nSPS) is 10.9. The summed E-state index contributed by atoms with van der Waals surface area (Å²) in [7, 11) is 2.29. The Balaban J connectivity index is 0. The zero-order valence-corrected chi connectivity index (χ0v) is 12.9. The van der Waals surface area contributed by atoms with E-state index in [1.54, 1.807) is 0 Å². The molecule has 0 saturated heterocycles. The highest BCUT2D eigenvalue weighted by atomic mass is 16.2. The minimum Gasteiger partial charge on any atom is -0.854 e. The van der Waals surface area contributed by atoms with Gasteiger partial charge in [0.1, 0.15) is 0 Å². The van der Waals surface area contributed by atoms with Crippen molar-refractivity contribution < 1.29 is 9.59 Å². The molecule has 0 atom stereocenters. The zero-order valence-electron chi connectivity index (χ0n) is 12.9. The quantitative estimate of drug-likeness (QED) is 0.452. The summed E-state index contributed by atoms with van der Waals surface area (Å²) in [5.74, 6) is 0. The highest BCUT2D eigenvalue weighted by Crippen LogP contribution is 2.03. The Kier molecular flexibility index (Phi) is 15.8. The number of hydrogen-bond donors (Lipinski definition) is 0. The maximum absolute atomic E-state index is 9.96. The summed E-state index contributed by atoms with van der Waals surface area (Å²) >= 11 is 0. The second-order valence-electron chi connectivity index (χ2n) is 5.04. The Hall–Kier alpha value is -0.0800. The maximum atomic E-state index is 9.96. The lowest BCUT2D eigenvalue weighted by Crippen LogP contribution is -2.42. The molecular formula is C15H35NO. The Bertz CT molecular complexity index is 119. The molecule has 0 heterocycles. The van der Waals surface area contributed by atoms with E-state index >= 15 is 0 Å². The highest BCUT2D eigenvalue weighted by molar-refractivity contribution is 4.41. The molecule has 0 saturated carbocycles. The molecule has 17 heavy (non-hydrogen) atoms. The van der Waals surface area contributed by atoms with Crippen molar-refractivity contribution in [2.45, 2.75) is 66.2 Å². The first-order chi connectivity index (χ1) is 8.10. The first kappa shape index (κ1) is 19.3. The average Bonchev–Trinajstić information content (AvgIpc) is 2.38. The lowest BCUT2D eigenvalue weighted by atomic mass is 10.1. The van der Waals surface area contributed by atoms with Crippen LogP contribution in [0.1, 0.15) is 66.2 Å². The third-order valence-corrected chi connectivity index (χ3v) is 3.79. The summed E-state index contributed by atoms with van der Waals surface area (Å²) in [6.45, 7) is 12.8. The predicted molar refractivity (Wildman–Crippen MR) is 76.1 cm³/mol. The standard InChI is InChI=1S/C8H17O.C7H18N/c1-2-3-4-5-6-7-8-9;1-5-8(4,6-2)7-3/h2-8H2,1H3;5-7H2,1-4H3/q-1;+1. The van der Waals surface area contributed by atoms with E-state index in [0.717, 1.165) is 12.8 Å². The van der Waals surface area contributed by atoms with Gasteiger partial charge >= 0.3 is 0 Å². The first-order valence-corrected chi connectivity index (χ1v) is 7.51. The van der Waals surface area contributed by atoms with Gasteiger partial charge in [-0.15, -0.1) is 6.61 Å². The summed E-state index contributed by atoms with van der Waals surface area (Å²) < 4.78 is 1.21. The van der Waals surface area contributed by atoms with Crippen molar-refractivity contribution in [2.75, 3.05) is 33.3 Å². The van der Waals surface area contributed by atoms with Gasteiger partial charge in [-0.2, -0.15) is 0 Å². The van der Waals surface area contributed by atoms with E-state index in [4.69, 9.17) is 0 Å². The van der Waals surface area contributed by atoms with Crippen LogP contribution in [-0.4, -0.2) is 37.8 Å². The van der Waals surface area contributed by atoms with Crippen LogP contribution in [0.4, 0.5) is 0 Å². The summed E-state index contributed by atoms with van der Waals surface area (Å²) in [6, 6.07) is 0. The Morgan fingerprint density at radius 1 is 0.706 bits per heavy atom. The van der Waals surface area contributed by atoms with Gasteiger partial charge < -0.3 is 9.59 Å². The Morgan fingerprint density at radius 3 is 1.41 bits per heavy atom. The molecule has 2 heteroatoms. The highest BCUT2D eigenvalue weighted by Gasteiger charge is 2.10. The van der Waals surface area contributed by atoms with Crippen LogP contribution in [0.2, 0.25) is 0 Å². The van der Waals surface area contributed by atoms with Crippen LogP contribution < -0.4 is 5.11 Å². The Labute approximate surface area is 110 Å². The molecule has 0 aromatic heterocycles. The van der Waals surface area contributed by atoms with Crippen LogP contribution in [0.3, 0.4) is 0 Å². The lowest BCUT2D eigenvalue weighted by molar-refractivity contribution is -0.904. The van der Waals surface area contributed by atoms with Crippen molar-refractivity contribution in [3.8, 4) is 0 Å². The first-order valence-electron chi connectivity index (χ1n) is 7.51. The van der Waals surface area contributed by atoms with Crippen molar-refractivity contribution in [3.63, 3.8) is 0 Å². The van der Waals surface area contributed by atoms with Gasteiger partial charge in [0.15, 0.2) is 0 Å². The summed E-state index contributed by atoms with van der Waals surface area (Å²) in [5.41, 5.74) is 0. The fraction of sp³-hybridized carbons (Fsp3) is 1.00. The zero-order chi connectivity index (χ0) is 13.6. The van der Waals surface area contributed by atoms with Gasteiger partial charge in [0.05, 0.1) is 26.7 Å². The minimum atomic E-state index is 0.117. The molecular weight excluding hydrogens is 210 g/mol. The summed E-state index contributed by atoms with van der Waals surface area (Å²) in [5, 5.41) is 9.96. The van der Waals surface area contributed by atoms with Crippen LogP contribution in [0.15, 0.2) is 0 Å². The van der Waals surface area contributed by atoms with Crippen molar-refractivity contribution in [3.05, 3.63) is 0 Å².